The molecule has 0 radical (unpaired) electrons. The molecule has 1 rings (SSSR count). The van der Waals surface area contributed by atoms with Crippen LogP contribution in [0.25, 0.3) is 0 Å². The summed E-state index contributed by atoms with van der Waals surface area (Å²) in [4.78, 5) is 0.158. The normalized spacial score (nSPS) is 13.5. The summed E-state index contributed by atoms with van der Waals surface area (Å²) in [7, 11) is -3.57. The van der Waals surface area contributed by atoms with E-state index in [-0.39, 0.29) is 23.4 Å². The van der Waals surface area contributed by atoms with Gasteiger partial charge in [0, 0.05) is 12.6 Å². The minimum absolute atomic E-state index is 0.0894. The maximum Gasteiger partial charge on any atom is 0.242 e. The van der Waals surface area contributed by atoms with Gasteiger partial charge in [0.05, 0.1) is 17.7 Å². The van der Waals surface area contributed by atoms with Crippen molar-refractivity contribution < 1.29 is 13.5 Å². The average Bonchev–Trinajstić information content (AvgIpc) is 2.34. The molecular weight excluding hydrogens is 288 g/mol. The third-order valence-corrected chi connectivity index (χ3v) is 4.35. The van der Waals surface area contributed by atoms with Gasteiger partial charge in [-0.25, -0.2) is 13.1 Å². The monoisotopic (exact) mass is 306 g/mol. The van der Waals surface area contributed by atoms with E-state index in [1.807, 2.05) is 0 Å². The van der Waals surface area contributed by atoms with Gasteiger partial charge in [-0.2, -0.15) is 0 Å². The summed E-state index contributed by atoms with van der Waals surface area (Å²) in [6.07, 6.45) is -0.726. The highest BCUT2D eigenvalue weighted by Gasteiger charge is 2.19. The van der Waals surface area contributed by atoms with Crippen LogP contribution in [0.5, 0.6) is 0 Å². The number of alkyl halides is 1. The van der Waals surface area contributed by atoms with Crippen LogP contribution in [0.2, 0.25) is 0 Å². The van der Waals surface area contributed by atoms with E-state index in [4.69, 9.17) is 11.6 Å². The van der Waals surface area contributed by atoms with Crippen molar-refractivity contribution in [3.8, 4) is 0 Å². The number of halogens is 1. The second kappa shape index (κ2) is 7.09. The molecule has 0 saturated heterocycles. The van der Waals surface area contributed by atoms with Crippen molar-refractivity contribution in [1.82, 2.24) is 4.72 Å². The van der Waals surface area contributed by atoms with Gasteiger partial charge in [0.1, 0.15) is 4.90 Å². The van der Waals surface area contributed by atoms with Crippen LogP contribution < -0.4 is 10.0 Å². The van der Waals surface area contributed by atoms with E-state index in [1.165, 1.54) is 6.07 Å². The van der Waals surface area contributed by atoms with E-state index >= 15 is 0 Å². The molecule has 0 heterocycles. The molecule has 1 aromatic carbocycles. The molecule has 0 aliphatic rings. The van der Waals surface area contributed by atoms with Crippen LogP contribution in [0.15, 0.2) is 29.2 Å². The third kappa shape index (κ3) is 4.99. The lowest BCUT2D eigenvalue weighted by Crippen LogP contribution is -2.31. The van der Waals surface area contributed by atoms with Crippen molar-refractivity contribution >= 4 is 27.3 Å². The van der Waals surface area contributed by atoms with Gasteiger partial charge in [-0.05, 0) is 26.0 Å². The Labute approximate surface area is 119 Å². The largest absolute Gasteiger partial charge is 0.390 e. The number of anilines is 1. The van der Waals surface area contributed by atoms with E-state index in [9.17, 15) is 13.5 Å². The standard InChI is InChI=1S/C12H19ClN2O3S/c1-9(2)15-19(17,18)12-6-4-3-5-11(12)14-8-10(16)7-13/h3-6,9-10,14-16H,7-8H2,1-2H3. The molecule has 7 heteroatoms. The highest BCUT2D eigenvalue weighted by atomic mass is 35.5. The molecule has 1 unspecified atom stereocenters. The first kappa shape index (κ1) is 16.2. The summed E-state index contributed by atoms with van der Waals surface area (Å²) < 4.78 is 26.8. The molecule has 0 aliphatic heterocycles. The first-order valence-electron chi connectivity index (χ1n) is 5.96. The summed E-state index contributed by atoms with van der Waals surface area (Å²) in [6, 6.07) is 6.35. The molecule has 0 amide bonds. The van der Waals surface area contributed by atoms with E-state index < -0.39 is 16.1 Å². The van der Waals surface area contributed by atoms with Crippen molar-refractivity contribution in [3.63, 3.8) is 0 Å². The Morgan fingerprint density at radius 2 is 1.95 bits per heavy atom. The van der Waals surface area contributed by atoms with Gasteiger partial charge in [-0.1, -0.05) is 12.1 Å². The smallest absolute Gasteiger partial charge is 0.242 e. The van der Waals surface area contributed by atoms with Gasteiger partial charge >= 0.3 is 0 Å². The average molecular weight is 307 g/mol. The van der Waals surface area contributed by atoms with Crippen LogP contribution in [0.3, 0.4) is 0 Å². The van der Waals surface area contributed by atoms with E-state index in [1.54, 1.807) is 32.0 Å². The van der Waals surface area contributed by atoms with Gasteiger partial charge in [0.2, 0.25) is 10.0 Å². The molecule has 0 aromatic heterocycles. The predicted octanol–water partition coefficient (Wildman–Crippen LogP) is 1.38. The van der Waals surface area contributed by atoms with Gasteiger partial charge in [-0.3, -0.25) is 0 Å². The fourth-order valence-electron chi connectivity index (χ4n) is 1.50. The molecule has 0 bridgehead atoms. The maximum atomic E-state index is 12.1. The Bertz CT molecular complexity index is 505. The zero-order valence-electron chi connectivity index (χ0n) is 10.9. The van der Waals surface area contributed by atoms with Crippen molar-refractivity contribution in [2.24, 2.45) is 0 Å². The Hall–Kier alpha value is -0.820. The van der Waals surface area contributed by atoms with Gasteiger partial charge in [-0.15, -0.1) is 11.6 Å². The SMILES string of the molecule is CC(C)NS(=O)(=O)c1ccccc1NCC(O)CCl. The van der Waals surface area contributed by atoms with Crippen molar-refractivity contribution in [2.75, 3.05) is 17.7 Å². The number of hydrogen-bond acceptors (Lipinski definition) is 4. The van der Waals surface area contributed by atoms with Crippen molar-refractivity contribution in [1.29, 1.82) is 0 Å². The Kier molecular flexibility index (Phi) is 6.06. The minimum atomic E-state index is -3.57. The molecule has 5 nitrogen and oxygen atoms in total. The molecule has 1 aromatic rings. The second-order valence-corrected chi connectivity index (χ2v) is 6.45. The number of para-hydroxylation sites is 1. The zero-order chi connectivity index (χ0) is 14.5. The van der Waals surface area contributed by atoms with Gasteiger partial charge < -0.3 is 10.4 Å². The van der Waals surface area contributed by atoms with Crippen molar-refractivity contribution in [2.45, 2.75) is 30.9 Å². The summed E-state index contributed by atoms with van der Waals surface area (Å²) in [5.74, 6) is 0.0894. The third-order valence-electron chi connectivity index (χ3n) is 2.27. The Morgan fingerprint density at radius 3 is 2.53 bits per heavy atom. The molecule has 3 N–H and O–H groups in total. The first-order valence-corrected chi connectivity index (χ1v) is 7.98. The van der Waals surface area contributed by atoms with Crippen LogP contribution in [-0.2, 0) is 10.0 Å². The maximum absolute atomic E-state index is 12.1. The number of aliphatic hydroxyl groups excluding tert-OH is 1. The fraction of sp³-hybridized carbons (Fsp3) is 0.500. The summed E-state index contributed by atoms with van der Waals surface area (Å²) in [5.41, 5.74) is 0.444. The quantitative estimate of drug-likeness (QED) is 0.665. The lowest BCUT2D eigenvalue weighted by atomic mass is 10.3. The van der Waals surface area contributed by atoms with Gasteiger partial charge in [0.15, 0.2) is 0 Å². The van der Waals surface area contributed by atoms with Gasteiger partial charge in [0.25, 0.3) is 0 Å². The number of nitrogens with one attached hydrogen (secondary N) is 2. The fourth-order valence-corrected chi connectivity index (χ4v) is 3.05. The lowest BCUT2D eigenvalue weighted by Gasteiger charge is -2.16. The topological polar surface area (TPSA) is 78.4 Å². The zero-order valence-corrected chi connectivity index (χ0v) is 12.5. The second-order valence-electron chi connectivity index (χ2n) is 4.46. The predicted molar refractivity (Wildman–Crippen MR) is 77.1 cm³/mol. The summed E-state index contributed by atoms with van der Waals surface area (Å²) in [6.45, 7) is 3.70. The summed E-state index contributed by atoms with van der Waals surface area (Å²) in [5, 5.41) is 12.3. The van der Waals surface area contributed by atoms with Crippen LogP contribution in [-0.4, -0.2) is 38.1 Å². The molecule has 19 heavy (non-hydrogen) atoms. The molecule has 0 aliphatic carbocycles. The van der Waals surface area contributed by atoms with Crippen LogP contribution in [0.1, 0.15) is 13.8 Å². The summed E-state index contributed by atoms with van der Waals surface area (Å²) >= 11 is 5.50. The molecule has 1 atom stereocenters. The number of sulfonamides is 1. The highest BCUT2D eigenvalue weighted by molar-refractivity contribution is 7.89. The Morgan fingerprint density at radius 1 is 1.32 bits per heavy atom. The molecule has 0 spiro atoms. The van der Waals surface area contributed by atoms with Crippen molar-refractivity contribution in [3.05, 3.63) is 24.3 Å². The molecule has 108 valence electrons. The van der Waals surface area contributed by atoms with Crippen LogP contribution in [0, 0.1) is 0 Å². The molecule has 0 saturated carbocycles. The highest BCUT2D eigenvalue weighted by Crippen LogP contribution is 2.20. The molecule has 0 fully saturated rings. The molecular formula is C12H19ClN2O3S. The lowest BCUT2D eigenvalue weighted by molar-refractivity contribution is 0.211. The van der Waals surface area contributed by atoms with E-state index in [0.29, 0.717) is 5.69 Å². The van der Waals surface area contributed by atoms with Crippen LogP contribution >= 0.6 is 11.6 Å². The van der Waals surface area contributed by atoms with E-state index in [0.717, 1.165) is 0 Å². The Balaban J connectivity index is 2.96. The number of aliphatic hydroxyl groups is 1. The number of hydrogen-bond donors (Lipinski definition) is 3. The number of rotatable bonds is 7. The number of benzene rings is 1. The first-order chi connectivity index (χ1) is 8.86. The van der Waals surface area contributed by atoms with Crippen LogP contribution in [0.4, 0.5) is 5.69 Å². The minimum Gasteiger partial charge on any atom is -0.390 e. The van der Waals surface area contributed by atoms with E-state index in [2.05, 4.69) is 10.0 Å².